The van der Waals surface area contributed by atoms with Crippen LogP contribution in [0.1, 0.15) is 201 Å². The Hall–Kier alpha value is -1.79. The van der Waals surface area contributed by atoms with E-state index in [1.54, 1.807) is 0 Å². The highest BCUT2D eigenvalue weighted by atomic mass is 16.6. The molecule has 0 aliphatic heterocycles. The molecule has 0 aromatic carbocycles. The summed E-state index contributed by atoms with van der Waals surface area (Å²) in [6.07, 6.45) is 36.8. The second kappa shape index (κ2) is 32.7. The van der Waals surface area contributed by atoms with Gasteiger partial charge in [-0.3, -0.25) is 14.4 Å². The summed E-state index contributed by atoms with van der Waals surface area (Å²) < 4.78 is 5.30. The Labute approximate surface area is 289 Å². The molecule has 1 atom stereocenters. The fourth-order valence-corrected chi connectivity index (χ4v) is 6.15. The number of unbranched alkanes of at least 4 members (excludes halogenated alkanes) is 22. The number of aliphatic hydroxyl groups is 2. The van der Waals surface area contributed by atoms with Crippen LogP contribution in [0.2, 0.25) is 0 Å². The zero-order valence-corrected chi connectivity index (χ0v) is 30.9. The largest absolute Gasteiger partial charge is 0.440 e. The maximum Gasteiger partial charge on any atom is 0.304 e. The summed E-state index contributed by atoms with van der Waals surface area (Å²) >= 11 is 0. The Balaban J connectivity index is 4.40. The Morgan fingerprint density at radius 2 is 0.830 bits per heavy atom. The number of Topliss-reactive ketones (excluding diaryl/α,β-unsaturated/α-hetero) is 2. The molecule has 6 heteroatoms. The van der Waals surface area contributed by atoms with Crippen molar-refractivity contribution in [2.75, 3.05) is 6.61 Å². The molecule has 1 unspecified atom stereocenters. The monoisotopic (exact) mass is 663 g/mol. The predicted molar refractivity (Wildman–Crippen MR) is 197 cm³/mol. The summed E-state index contributed by atoms with van der Waals surface area (Å²) in [5, 5.41) is 20.4. The van der Waals surface area contributed by atoms with Crippen LogP contribution in [0.3, 0.4) is 0 Å². The van der Waals surface area contributed by atoms with Gasteiger partial charge in [0.15, 0.2) is 11.6 Å². The van der Waals surface area contributed by atoms with Crippen molar-refractivity contribution in [3.63, 3.8) is 0 Å². The average Bonchev–Trinajstić information content (AvgIpc) is 3.06. The topological polar surface area (TPSA) is 101 Å². The first-order valence-corrected chi connectivity index (χ1v) is 19.7. The second-order valence-electron chi connectivity index (χ2n) is 13.5. The number of carbonyl (C=O) groups excluding carboxylic acids is 3. The van der Waals surface area contributed by atoms with Crippen LogP contribution in [0.15, 0.2) is 24.3 Å². The number of ketones is 2. The standard InChI is InChI=1S/C41H74O6/c1-4-6-8-10-12-14-16-18-20-22-24-26-28-30-32-34-38(44)41(40(46)36-42,47-37(3)43)39(45)35-33-31-29-27-25-23-21-19-17-15-13-11-9-7-5-2/h18-21,40,42,46H,4-17,22-36H2,1-3H3. The highest BCUT2D eigenvalue weighted by Gasteiger charge is 2.53. The highest BCUT2D eigenvalue weighted by molar-refractivity contribution is 6.12. The van der Waals surface area contributed by atoms with Gasteiger partial charge in [0.1, 0.15) is 6.10 Å². The summed E-state index contributed by atoms with van der Waals surface area (Å²) in [5.41, 5.74) is -2.32. The molecule has 274 valence electrons. The number of aliphatic hydroxyl groups excluding tert-OH is 2. The first-order valence-electron chi connectivity index (χ1n) is 19.7. The second-order valence-corrected chi connectivity index (χ2v) is 13.5. The molecular weight excluding hydrogens is 588 g/mol. The van der Waals surface area contributed by atoms with Gasteiger partial charge in [-0.2, -0.15) is 0 Å². The summed E-state index contributed by atoms with van der Waals surface area (Å²) in [6, 6.07) is 0. The van der Waals surface area contributed by atoms with Crippen LogP contribution in [0, 0.1) is 0 Å². The van der Waals surface area contributed by atoms with Crippen LogP contribution in [0.25, 0.3) is 0 Å². The highest BCUT2D eigenvalue weighted by Crippen LogP contribution is 2.27. The van der Waals surface area contributed by atoms with Gasteiger partial charge in [0.2, 0.25) is 0 Å². The molecule has 0 aromatic rings. The maximum absolute atomic E-state index is 13.4. The molecule has 0 radical (unpaired) electrons. The minimum atomic E-state index is -2.32. The van der Waals surface area contributed by atoms with E-state index in [0.29, 0.717) is 12.8 Å². The molecule has 0 amide bonds. The molecule has 6 nitrogen and oxygen atoms in total. The average molecular weight is 663 g/mol. The van der Waals surface area contributed by atoms with Crippen LogP contribution < -0.4 is 0 Å². The third-order valence-corrected chi connectivity index (χ3v) is 9.11. The summed E-state index contributed by atoms with van der Waals surface area (Å²) in [6.45, 7) is 4.78. The van der Waals surface area contributed by atoms with Gasteiger partial charge < -0.3 is 14.9 Å². The number of hydrogen-bond acceptors (Lipinski definition) is 6. The Morgan fingerprint density at radius 3 is 1.13 bits per heavy atom. The van der Waals surface area contributed by atoms with E-state index in [1.807, 2.05) is 0 Å². The van der Waals surface area contributed by atoms with Gasteiger partial charge in [0.25, 0.3) is 5.60 Å². The van der Waals surface area contributed by atoms with Crippen LogP contribution in [0.4, 0.5) is 0 Å². The Morgan fingerprint density at radius 1 is 0.532 bits per heavy atom. The minimum Gasteiger partial charge on any atom is -0.440 e. The molecule has 0 aliphatic rings. The van der Waals surface area contributed by atoms with E-state index < -0.39 is 35.8 Å². The lowest BCUT2D eigenvalue weighted by molar-refractivity contribution is -0.186. The first-order chi connectivity index (χ1) is 22.9. The molecule has 0 spiro atoms. The smallest absolute Gasteiger partial charge is 0.304 e. The van der Waals surface area contributed by atoms with E-state index in [4.69, 9.17) is 4.74 Å². The Bertz CT molecular complexity index is 765. The number of hydrogen-bond donors (Lipinski definition) is 2. The van der Waals surface area contributed by atoms with Crippen molar-refractivity contribution in [2.24, 2.45) is 0 Å². The zero-order valence-electron chi connectivity index (χ0n) is 30.9. The van der Waals surface area contributed by atoms with Crippen molar-refractivity contribution < 1.29 is 29.3 Å². The zero-order chi connectivity index (χ0) is 34.9. The van der Waals surface area contributed by atoms with E-state index >= 15 is 0 Å². The summed E-state index contributed by atoms with van der Waals surface area (Å²) in [4.78, 5) is 38.7. The molecule has 0 aliphatic carbocycles. The maximum atomic E-state index is 13.4. The van der Waals surface area contributed by atoms with Crippen LogP contribution in [0.5, 0.6) is 0 Å². The molecule has 0 rings (SSSR count). The van der Waals surface area contributed by atoms with Gasteiger partial charge in [-0.1, -0.05) is 141 Å². The molecule has 2 N–H and O–H groups in total. The van der Waals surface area contributed by atoms with E-state index in [0.717, 1.165) is 84.0 Å². The van der Waals surface area contributed by atoms with E-state index in [2.05, 4.69) is 38.2 Å². The van der Waals surface area contributed by atoms with Crippen molar-refractivity contribution in [3.8, 4) is 0 Å². The lowest BCUT2D eigenvalue weighted by atomic mass is 9.82. The van der Waals surface area contributed by atoms with Crippen molar-refractivity contribution in [2.45, 2.75) is 212 Å². The van der Waals surface area contributed by atoms with Crippen LogP contribution >= 0.6 is 0 Å². The summed E-state index contributed by atoms with van der Waals surface area (Å²) in [7, 11) is 0. The van der Waals surface area contributed by atoms with Gasteiger partial charge in [-0.15, -0.1) is 0 Å². The molecule has 0 bridgehead atoms. The van der Waals surface area contributed by atoms with Gasteiger partial charge in [-0.25, -0.2) is 0 Å². The molecule has 0 aromatic heterocycles. The SMILES string of the molecule is CCCCCCCCC=CCCCCCCCC(=O)C(OC(C)=O)(C(=O)CCCCCCCC=CCCCCCCCC)C(O)CO. The van der Waals surface area contributed by atoms with E-state index in [-0.39, 0.29) is 12.8 Å². The lowest BCUT2D eigenvalue weighted by Crippen LogP contribution is -2.60. The number of carbonyl (C=O) groups is 3. The van der Waals surface area contributed by atoms with Gasteiger partial charge in [-0.05, 0) is 64.2 Å². The molecule has 0 saturated heterocycles. The predicted octanol–water partition coefficient (Wildman–Crippen LogP) is 10.9. The first kappa shape index (κ1) is 45.2. The number of ether oxygens (including phenoxy) is 1. The van der Waals surface area contributed by atoms with Crippen molar-refractivity contribution >= 4 is 17.5 Å². The molecule has 47 heavy (non-hydrogen) atoms. The summed E-state index contributed by atoms with van der Waals surface area (Å²) in [5.74, 6) is -2.03. The fraction of sp³-hybridized carbons (Fsp3) is 0.829. The van der Waals surface area contributed by atoms with Crippen molar-refractivity contribution in [1.29, 1.82) is 0 Å². The third-order valence-electron chi connectivity index (χ3n) is 9.11. The van der Waals surface area contributed by atoms with E-state index in [1.165, 1.54) is 77.0 Å². The minimum absolute atomic E-state index is 0.0284. The molecular formula is C41H74O6. The molecule has 0 fully saturated rings. The lowest BCUT2D eigenvalue weighted by Gasteiger charge is -2.33. The Kier molecular flexibility index (Phi) is 31.5. The molecule has 0 heterocycles. The fourth-order valence-electron chi connectivity index (χ4n) is 6.15. The van der Waals surface area contributed by atoms with Crippen molar-refractivity contribution in [3.05, 3.63) is 24.3 Å². The van der Waals surface area contributed by atoms with E-state index in [9.17, 15) is 24.6 Å². The number of esters is 1. The van der Waals surface area contributed by atoms with Crippen LogP contribution in [-0.4, -0.2) is 46.1 Å². The number of allylic oxidation sites excluding steroid dienone is 4. The third kappa shape index (κ3) is 24.1. The number of rotatable bonds is 35. The quantitative estimate of drug-likeness (QED) is 0.0303. The van der Waals surface area contributed by atoms with Gasteiger partial charge in [0, 0.05) is 19.8 Å². The van der Waals surface area contributed by atoms with Crippen LogP contribution in [-0.2, 0) is 19.1 Å². The van der Waals surface area contributed by atoms with Gasteiger partial charge >= 0.3 is 5.97 Å². The normalized spacial score (nSPS) is 13.7. The van der Waals surface area contributed by atoms with Gasteiger partial charge in [0.05, 0.1) is 6.61 Å². The van der Waals surface area contributed by atoms with Crippen molar-refractivity contribution in [1.82, 2.24) is 0 Å². The molecule has 0 saturated carbocycles.